The predicted octanol–water partition coefficient (Wildman–Crippen LogP) is 4.98. The molecule has 2 N–H and O–H groups in total. The van der Waals surface area contributed by atoms with Crippen molar-refractivity contribution in [3.63, 3.8) is 0 Å². The molecule has 1 fully saturated rings. The van der Waals surface area contributed by atoms with Gasteiger partial charge in [0.15, 0.2) is 0 Å². The van der Waals surface area contributed by atoms with Gasteiger partial charge in [0.25, 0.3) is 0 Å². The first-order valence-corrected chi connectivity index (χ1v) is 9.71. The molecule has 4 aromatic rings. The van der Waals surface area contributed by atoms with Gasteiger partial charge in [-0.15, -0.1) is 0 Å². The average Bonchev–Trinajstić information content (AvgIpc) is 3.28. The molecule has 1 saturated heterocycles. The van der Waals surface area contributed by atoms with Crippen LogP contribution in [0.3, 0.4) is 0 Å². The van der Waals surface area contributed by atoms with Crippen molar-refractivity contribution in [2.24, 2.45) is 0 Å². The number of fused-ring (bicyclic) bond motifs is 2. The van der Waals surface area contributed by atoms with E-state index in [-0.39, 0.29) is 6.04 Å². The van der Waals surface area contributed by atoms with Gasteiger partial charge < -0.3 is 10.4 Å². The smallest absolute Gasteiger partial charge is 0.131 e. The minimum Gasteiger partial charge on any atom is -0.379 e. The summed E-state index contributed by atoms with van der Waals surface area (Å²) in [4.78, 5) is 0. The maximum absolute atomic E-state index is 12.4. The van der Waals surface area contributed by atoms with E-state index in [0.29, 0.717) is 0 Å². The summed E-state index contributed by atoms with van der Waals surface area (Å²) >= 11 is 0. The Labute approximate surface area is 159 Å². The van der Waals surface area contributed by atoms with E-state index >= 15 is 0 Å². The van der Waals surface area contributed by atoms with Gasteiger partial charge in [-0.2, -0.15) is 0 Å². The highest BCUT2D eigenvalue weighted by Gasteiger charge is 2.43. The molecule has 0 aromatic heterocycles. The van der Waals surface area contributed by atoms with Gasteiger partial charge in [0.2, 0.25) is 0 Å². The third kappa shape index (κ3) is 2.56. The summed E-state index contributed by atoms with van der Waals surface area (Å²) in [5.41, 5.74) is 0.880. The van der Waals surface area contributed by atoms with Gasteiger partial charge in [0, 0.05) is 6.04 Å². The van der Waals surface area contributed by atoms with Gasteiger partial charge in [-0.25, -0.2) is 0 Å². The quantitative estimate of drug-likeness (QED) is 0.544. The lowest BCUT2D eigenvalue weighted by molar-refractivity contribution is 0.0471. The number of hydrogen-bond donors (Lipinski definition) is 2. The van der Waals surface area contributed by atoms with E-state index in [9.17, 15) is 5.11 Å². The fraction of sp³-hybridized carbons (Fsp3) is 0.200. The van der Waals surface area contributed by atoms with Gasteiger partial charge in [0.05, 0.1) is 0 Å². The van der Waals surface area contributed by atoms with Gasteiger partial charge in [-0.05, 0) is 52.1 Å². The number of hydrogen-bond acceptors (Lipinski definition) is 2. The molecular formula is C25H23NO. The molecule has 0 spiro atoms. The van der Waals surface area contributed by atoms with E-state index in [0.717, 1.165) is 52.1 Å². The first-order valence-electron chi connectivity index (χ1n) is 9.71. The van der Waals surface area contributed by atoms with Crippen LogP contribution in [0, 0.1) is 0 Å². The Morgan fingerprint density at radius 3 is 1.74 bits per heavy atom. The van der Waals surface area contributed by atoms with E-state index in [1.807, 2.05) is 0 Å². The standard InChI is InChI=1S/C25H23NO/c27-25(24-16-7-17-26-24,22-14-5-10-18-8-1-3-12-20(18)22)23-15-6-11-19-9-2-4-13-21(19)23/h1-6,8-15,24,26-27H,7,16-17H2/t24-/m1/s1. The second-order valence-corrected chi connectivity index (χ2v) is 7.47. The highest BCUT2D eigenvalue weighted by molar-refractivity contribution is 5.91. The zero-order valence-electron chi connectivity index (χ0n) is 15.2. The van der Waals surface area contributed by atoms with Crippen molar-refractivity contribution in [1.82, 2.24) is 5.32 Å². The molecule has 1 aliphatic heterocycles. The van der Waals surface area contributed by atoms with Gasteiger partial charge in [-0.1, -0.05) is 84.9 Å². The van der Waals surface area contributed by atoms with Gasteiger partial charge in [0.1, 0.15) is 5.60 Å². The van der Waals surface area contributed by atoms with E-state index in [1.165, 1.54) is 0 Å². The number of benzene rings is 4. The van der Waals surface area contributed by atoms with E-state index in [4.69, 9.17) is 0 Å². The Morgan fingerprint density at radius 2 is 1.22 bits per heavy atom. The molecule has 1 atom stereocenters. The SMILES string of the molecule is OC(c1cccc2ccccc12)(c1cccc2ccccc12)[C@H]1CCCN1. The van der Waals surface area contributed by atoms with Crippen LogP contribution in [0.2, 0.25) is 0 Å². The fourth-order valence-electron chi connectivity index (χ4n) is 4.68. The Hall–Kier alpha value is -2.68. The van der Waals surface area contributed by atoms with Crippen molar-refractivity contribution in [3.05, 3.63) is 96.1 Å². The van der Waals surface area contributed by atoms with Crippen molar-refractivity contribution >= 4 is 21.5 Å². The molecule has 0 saturated carbocycles. The summed E-state index contributed by atoms with van der Waals surface area (Å²) in [6.07, 6.45) is 2.05. The minimum atomic E-state index is -1.09. The van der Waals surface area contributed by atoms with E-state index in [2.05, 4.69) is 90.2 Å². The monoisotopic (exact) mass is 353 g/mol. The predicted molar refractivity (Wildman–Crippen MR) is 112 cm³/mol. The lowest BCUT2D eigenvalue weighted by Gasteiger charge is -2.37. The molecule has 1 aliphatic rings. The lowest BCUT2D eigenvalue weighted by Crippen LogP contribution is -2.46. The Kier molecular flexibility index (Phi) is 3.96. The summed E-state index contributed by atoms with van der Waals surface area (Å²) in [6.45, 7) is 0.947. The maximum atomic E-state index is 12.4. The largest absolute Gasteiger partial charge is 0.379 e. The average molecular weight is 353 g/mol. The summed E-state index contributed by atoms with van der Waals surface area (Å²) in [5.74, 6) is 0. The molecule has 2 heteroatoms. The fourth-order valence-corrected chi connectivity index (χ4v) is 4.68. The van der Waals surface area contributed by atoms with Crippen LogP contribution >= 0.6 is 0 Å². The molecule has 0 amide bonds. The van der Waals surface area contributed by atoms with Crippen LogP contribution in [0.15, 0.2) is 84.9 Å². The molecule has 0 aliphatic carbocycles. The van der Waals surface area contributed by atoms with Crippen LogP contribution in [0.4, 0.5) is 0 Å². The zero-order chi connectivity index (χ0) is 18.3. The Balaban J connectivity index is 1.85. The molecule has 27 heavy (non-hydrogen) atoms. The van der Waals surface area contributed by atoms with Crippen molar-refractivity contribution in [1.29, 1.82) is 0 Å². The highest BCUT2D eigenvalue weighted by atomic mass is 16.3. The number of rotatable bonds is 3. The molecular weight excluding hydrogens is 330 g/mol. The zero-order valence-corrected chi connectivity index (χ0v) is 15.2. The summed E-state index contributed by atoms with van der Waals surface area (Å²) < 4.78 is 0. The van der Waals surface area contributed by atoms with Crippen molar-refractivity contribution < 1.29 is 5.11 Å². The Bertz CT molecular complexity index is 1020. The van der Waals surface area contributed by atoms with Crippen LogP contribution in [-0.2, 0) is 5.60 Å². The van der Waals surface area contributed by atoms with Crippen molar-refractivity contribution in [2.45, 2.75) is 24.5 Å². The summed E-state index contributed by atoms with van der Waals surface area (Å²) in [5, 5.41) is 20.5. The normalized spacial score (nSPS) is 17.6. The second kappa shape index (κ2) is 6.49. The van der Waals surface area contributed by atoms with Crippen LogP contribution in [0.5, 0.6) is 0 Å². The van der Waals surface area contributed by atoms with Crippen LogP contribution in [0.25, 0.3) is 21.5 Å². The van der Waals surface area contributed by atoms with Crippen LogP contribution < -0.4 is 5.32 Å². The first-order chi connectivity index (χ1) is 13.3. The third-order valence-corrected chi connectivity index (χ3v) is 5.97. The highest BCUT2D eigenvalue weighted by Crippen LogP contribution is 2.42. The van der Waals surface area contributed by atoms with Gasteiger partial charge >= 0.3 is 0 Å². The summed E-state index contributed by atoms with van der Waals surface area (Å²) in [6, 6.07) is 29.2. The Morgan fingerprint density at radius 1 is 0.704 bits per heavy atom. The van der Waals surface area contributed by atoms with Crippen LogP contribution in [-0.4, -0.2) is 17.7 Å². The van der Waals surface area contributed by atoms with Gasteiger partial charge in [-0.3, -0.25) is 0 Å². The van der Waals surface area contributed by atoms with E-state index in [1.54, 1.807) is 0 Å². The molecule has 1 heterocycles. The molecule has 5 rings (SSSR count). The van der Waals surface area contributed by atoms with Crippen molar-refractivity contribution in [3.8, 4) is 0 Å². The molecule has 0 unspecified atom stereocenters. The molecule has 0 bridgehead atoms. The van der Waals surface area contributed by atoms with Crippen LogP contribution in [0.1, 0.15) is 24.0 Å². The topological polar surface area (TPSA) is 32.3 Å². The third-order valence-electron chi connectivity index (χ3n) is 5.97. The molecule has 0 radical (unpaired) electrons. The van der Waals surface area contributed by atoms with E-state index < -0.39 is 5.60 Å². The minimum absolute atomic E-state index is 0.00545. The number of aliphatic hydroxyl groups is 1. The summed E-state index contributed by atoms with van der Waals surface area (Å²) in [7, 11) is 0. The number of nitrogens with one attached hydrogen (secondary N) is 1. The second-order valence-electron chi connectivity index (χ2n) is 7.47. The molecule has 134 valence electrons. The molecule has 2 nitrogen and oxygen atoms in total. The molecule has 4 aromatic carbocycles. The first kappa shape index (κ1) is 16.5. The lowest BCUT2D eigenvalue weighted by atomic mass is 9.76. The van der Waals surface area contributed by atoms with Crippen molar-refractivity contribution in [2.75, 3.05) is 6.54 Å². The maximum Gasteiger partial charge on any atom is 0.131 e.